The Hall–Kier alpha value is -2.42. The van der Waals surface area contributed by atoms with Crippen LogP contribution >= 0.6 is 0 Å². The number of para-hydroxylation sites is 1. The van der Waals surface area contributed by atoms with Crippen LogP contribution in [0.5, 0.6) is 5.75 Å². The highest BCUT2D eigenvalue weighted by Crippen LogP contribution is 2.20. The van der Waals surface area contributed by atoms with Gasteiger partial charge in [0.15, 0.2) is 0 Å². The molecule has 2 aromatic rings. The van der Waals surface area contributed by atoms with Gasteiger partial charge in [-0.3, -0.25) is 4.79 Å². The summed E-state index contributed by atoms with van der Waals surface area (Å²) in [5, 5.41) is 2.76. The molecule has 1 N–H and O–H groups in total. The first kappa shape index (κ1) is 20.3. The number of nitrogens with one attached hydrogen (secondary N) is 1. The van der Waals surface area contributed by atoms with Crippen LogP contribution in [0.4, 0.5) is 5.69 Å². The van der Waals surface area contributed by atoms with Crippen molar-refractivity contribution in [1.82, 2.24) is 9.21 Å². The van der Waals surface area contributed by atoms with Crippen LogP contribution in [0.3, 0.4) is 0 Å². The largest absolute Gasteiger partial charge is 0.493 e. The first-order chi connectivity index (χ1) is 13.4. The van der Waals surface area contributed by atoms with E-state index in [0.29, 0.717) is 24.5 Å². The van der Waals surface area contributed by atoms with Crippen molar-refractivity contribution >= 4 is 21.6 Å². The van der Waals surface area contributed by atoms with Crippen molar-refractivity contribution in [3.05, 3.63) is 54.6 Å². The van der Waals surface area contributed by atoms with Crippen LogP contribution in [-0.4, -0.2) is 63.4 Å². The van der Waals surface area contributed by atoms with E-state index in [1.807, 2.05) is 37.4 Å². The Morgan fingerprint density at radius 2 is 1.64 bits per heavy atom. The average Bonchev–Trinajstić information content (AvgIpc) is 2.69. The molecule has 0 atom stereocenters. The van der Waals surface area contributed by atoms with Gasteiger partial charge in [0.2, 0.25) is 15.9 Å². The molecule has 8 heteroatoms. The molecule has 0 aromatic heterocycles. The smallest absolute Gasteiger partial charge is 0.243 e. The Balaban J connectivity index is 1.51. The highest BCUT2D eigenvalue weighted by atomic mass is 32.2. The second kappa shape index (κ2) is 9.18. The molecule has 0 bridgehead atoms. The molecule has 1 saturated heterocycles. The number of carbonyl (C=O) groups excluding carboxylic acids is 1. The number of rotatable bonds is 7. The van der Waals surface area contributed by atoms with Gasteiger partial charge >= 0.3 is 0 Å². The summed E-state index contributed by atoms with van der Waals surface area (Å²) in [5.41, 5.74) is 0.557. The first-order valence-electron chi connectivity index (χ1n) is 9.21. The van der Waals surface area contributed by atoms with E-state index in [1.165, 1.54) is 16.4 Å². The number of anilines is 1. The molecule has 1 aliphatic heterocycles. The van der Waals surface area contributed by atoms with Gasteiger partial charge in [-0.15, -0.1) is 0 Å². The monoisotopic (exact) mass is 403 g/mol. The summed E-state index contributed by atoms with van der Waals surface area (Å²) < 4.78 is 32.4. The van der Waals surface area contributed by atoms with E-state index in [9.17, 15) is 13.2 Å². The summed E-state index contributed by atoms with van der Waals surface area (Å²) >= 11 is 0. The number of hydrogen-bond donors (Lipinski definition) is 1. The normalized spacial score (nSPS) is 15.9. The maximum absolute atomic E-state index is 12.7. The van der Waals surface area contributed by atoms with Crippen molar-refractivity contribution in [2.75, 3.05) is 45.2 Å². The van der Waals surface area contributed by atoms with Crippen molar-refractivity contribution in [3.8, 4) is 5.75 Å². The van der Waals surface area contributed by atoms with Gasteiger partial charge in [0.05, 0.1) is 17.9 Å². The molecule has 2 aromatic carbocycles. The molecule has 7 nitrogen and oxygen atoms in total. The van der Waals surface area contributed by atoms with Crippen LogP contribution in [0.15, 0.2) is 59.5 Å². The minimum Gasteiger partial charge on any atom is -0.493 e. The highest BCUT2D eigenvalue weighted by molar-refractivity contribution is 7.89. The maximum Gasteiger partial charge on any atom is 0.243 e. The van der Waals surface area contributed by atoms with Gasteiger partial charge in [-0.25, -0.2) is 8.42 Å². The fraction of sp³-hybridized carbons (Fsp3) is 0.350. The van der Waals surface area contributed by atoms with Crippen LogP contribution in [-0.2, 0) is 14.8 Å². The second-order valence-electron chi connectivity index (χ2n) is 6.69. The van der Waals surface area contributed by atoms with E-state index < -0.39 is 10.0 Å². The Bertz CT molecular complexity index is 877. The highest BCUT2D eigenvalue weighted by Gasteiger charge is 2.27. The second-order valence-corrected chi connectivity index (χ2v) is 8.63. The molecule has 0 unspecified atom stereocenters. The number of benzene rings is 2. The standard InChI is InChI=1S/C20H25N3O4S/c1-22-12-14-23(15-13-22)28(25,26)19-9-7-17(8-10-19)21-20(24)11-16-27-18-5-3-2-4-6-18/h2-10H,11-16H2,1H3,(H,21,24). The number of amides is 1. The number of piperazine rings is 1. The lowest BCUT2D eigenvalue weighted by Gasteiger charge is -2.31. The molecule has 1 fully saturated rings. The summed E-state index contributed by atoms with van der Waals surface area (Å²) in [5.74, 6) is 0.527. The zero-order valence-electron chi connectivity index (χ0n) is 15.9. The number of sulfonamides is 1. The summed E-state index contributed by atoms with van der Waals surface area (Å²) in [4.78, 5) is 14.4. The van der Waals surface area contributed by atoms with Crippen molar-refractivity contribution < 1.29 is 17.9 Å². The Morgan fingerprint density at radius 3 is 2.29 bits per heavy atom. The lowest BCUT2D eigenvalue weighted by Crippen LogP contribution is -2.46. The third-order valence-corrected chi connectivity index (χ3v) is 6.49. The minimum atomic E-state index is -3.50. The van der Waals surface area contributed by atoms with Gasteiger partial charge in [-0.2, -0.15) is 4.31 Å². The van der Waals surface area contributed by atoms with E-state index in [4.69, 9.17) is 4.74 Å². The molecule has 1 amide bonds. The molecular formula is C20H25N3O4S. The fourth-order valence-corrected chi connectivity index (χ4v) is 4.31. The zero-order valence-corrected chi connectivity index (χ0v) is 16.7. The molecule has 0 spiro atoms. The predicted octanol–water partition coefficient (Wildman–Crippen LogP) is 2.03. The van der Waals surface area contributed by atoms with E-state index in [1.54, 1.807) is 12.1 Å². The summed E-state index contributed by atoms with van der Waals surface area (Å²) in [6, 6.07) is 15.6. The average molecular weight is 404 g/mol. The molecule has 0 saturated carbocycles. The minimum absolute atomic E-state index is 0.189. The van der Waals surface area contributed by atoms with Gasteiger partial charge in [0, 0.05) is 31.9 Å². The summed E-state index contributed by atoms with van der Waals surface area (Å²) in [6.45, 7) is 2.68. The van der Waals surface area contributed by atoms with Crippen LogP contribution in [0, 0.1) is 0 Å². The molecule has 150 valence electrons. The molecule has 1 heterocycles. The Labute approximate surface area is 166 Å². The third kappa shape index (κ3) is 5.31. The molecule has 1 aliphatic rings. The van der Waals surface area contributed by atoms with Crippen molar-refractivity contribution in [2.45, 2.75) is 11.3 Å². The quantitative estimate of drug-likeness (QED) is 0.765. The van der Waals surface area contributed by atoms with Gasteiger partial charge in [0.25, 0.3) is 0 Å². The van der Waals surface area contributed by atoms with Gasteiger partial charge in [-0.1, -0.05) is 18.2 Å². The van der Waals surface area contributed by atoms with E-state index >= 15 is 0 Å². The van der Waals surface area contributed by atoms with Crippen LogP contribution in [0.1, 0.15) is 6.42 Å². The first-order valence-corrected chi connectivity index (χ1v) is 10.7. The Kier molecular flexibility index (Phi) is 6.66. The SMILES string of the molecule is CN1CCN(S(=O)(=O)c2ccc(NC(=O)CCOc3ccccc3)cc2)CC1. The van der Waals surface area contributed by atoms with E-state index in [0.717, 1.165) is 13.1 Å². The van der Waals surface area contributed by atoms with Crippen LogP contribution in [0.2, 0.25) is 0 Å². The van der Waals surface area contributed by atoms with Gasteiger partial charge in [-0.05, 0) is 43.4 Å². The van der Waals surface area contributed by atoms with Crippen molar-refractivity contribution in [1.29, 1.82) is 0 Å². The van der Waals surface area contributed by atoms with E-state index in [2.05, 4.69) is 10.2 Å². The summed E-state index contributed by atoms with van der Waals surface area (Å²) in [6.07, 6.45) is 0.205. The molecule has 3 rings (SSSR count). The predicted molar refractivity (Wildman–Crippen MR) is 108 cm³/mol. The number of hydrogen-bond acceptors (Lipinski definition) is 5. The zero-order chi connectivity index (χ0) is 20.0. The third-order valence-electron chi connectivity index (χ3n) is 4.58. The van der Waals surface area contributed by atoms with Crippen LogP contribution < -0.4 is 10.1 Å². The van der Waals surface area contributed by atoms with Gasteiger partial charge in [0.1, 0.15) is 5.75 Å². The van der Waals surface area contributed by atoms with Gasteiger partial charge < -0.3 is 15.0 Å². The molecule has 28 heavy (non-hydrogen) atoms. The topological polar surface area (TPSA) is 79.0 Å². The number of ether oxygens (including phenoxy) is 1. The van der Waals surface area contributed by atoms with E-state index in [-0.39, 0.29) is 23.8 Å². The fourth-order valence-electron chi connectivity index (χ4n) is 2.89. The molecular weight excluding hydrogens is 378 g/mol. The maximum atomic E-state index is 12.7. The van der Waals surface area contributed by atoms with Crippen LogP contribution in [0.25, 0.3) is 0 Å². The number of nitrogens with zero attached hydrogens (tertiary/aromatic N) is 2. The lowest BCUT2D eigenvalue weighted by molar-refractivity contribution is -0.116. The van der Waals surface area contributed by atoms with Crippen molar-refractivity contribution in [2.24, 2.45) is 0 Å². The molecule has 0 aliphatic carbocycles. The lowest BCUT2D eigenvalue weighted by atomic mass is 10.3. The Morgan fingerprint density at radius 1 is 1.00 bits per heavy atom. The number of likely N-dealkylation sites (N-methyl/N-ethyl adjacent to an activating group) is 1. The molecule has 0 radical (unpaired) electrons. The summed E-state index contributed by atoms with van der Waals surface area (Å²) in [7, 11) is -1.52. The van der Waals surface area contributed by atoms with Crippen molar-refractivity contribution in [3.63, 3.8) is 0 Å². The number of carbonyl (C=O) groups is 1.